The zero-order valence-corrected chi connectivity index (χ0v) is 13.3. The van der Waals surface area contributed by atoms with Crippen molar-refractivity contribution in [2.75, 3.05) is 26.2 Å². The summed E-state index contributed by atoms with van der Waals surface area (Å²) in [5.41, 5.74) is 1.68. The summed E-state index contributed by atoms with van der Waals surface area (Å²) in [6, 6.07) is 8.03. The van der Waals surface area contributed by atoms with E-state index in [-0.39, 0.29) is 0 Å². The average molecular weight is 301 g/mol. The molecule has 120 valence electrons. The van der Waals surface area contributed by atoms with Crippen LogP contribution in [-0.2, 0) is 10.2 Å². The molecule has 2 saturated heterocycles. The Kier molecular flexibility index (Phi) is 3.87. The normalized spacial score (nSPS) is 35.6. The van der Waals surface area contributed by atoms with Gasteiger partial charge < -0.3 is 14.7 Å². The van der Waals surface area contributed by atoms with Crippen LogP contribution in [0.5, 0.6) is 5.75 Å². The van der Waals surface area contributed by atoms with E-state index in [2.05, 4.69) is 11.0 Å². The summed E-state index contributed by atoms with van der Waals surface area (Å²) in [6.07, 6.45) is 8.11. The van der Waals surface area contributed by atoms with Gasteiger partial charge in [0.05, 0.1) is 6.10 Å². The number of fused-ring (bicyclic) bond motifs is 1. The zero-order chi connectivity index (χ0) is 15.0. The van der Waals surface area contributed by atoms with Gasteiger partial charge in [-0.15, -0.1) is 0 Å². The summed E-state index contributed by atoms with van der Waals surface area (Å²) in [7, 11) is 0. The topological polar surface area (TPSA) is 32.7 Å². The van der Waals surface area contributed by atoms with Crippen LogP contribution in [0.4, 0.5) is 0 Å². The molecule has 0 spiro atoms. The van der Waals surface area contributed by atoms with Gasteiger partial charge in [-0.05, 0) is 62.3 Å². The fraction of sp³-hybridized carbons (Fsp3) is 0.684. The second-order valence-corrected chi connectivity index (χ2v) is 7.44. The van der Waals surface area contributed by atoms with Crippen molar-refractivity contribution in [3.05, 3.63) is 29.8 Å². The van der Waals surface area contributed by atoms with Crippen molar-refractivity contribution in [1.82, 2.24) is 4.90 Å². The minimum Gasteiger partial charge on any atom is -0.508 e. The van der Waals surface area contributed by atoms with E-state index in [1.807, 2.05) is 12.1 Å². The molecule has 0 bridgehead atoms. The van der Waals surface area contributed by atoms with Crippen LogP contribution in [-0.4, -0.2) is 42.4 Å². The van der Waals surface area contributed by atoms with E-state index < -0.39 is 0 Å². The molecule has 3 unspecified atom stereocenters. The van der Waals surface area contributed by atoms with Crippen molar-refractivity contribution in [3.63, 3.8) is 0 Å². The van der Waals surface area contributed by atoms with E-state index in [0.29, 0.717) is 17.3 Å². The summed E-state index contributed by atoms with van der Waals surface area (Å²) in [5.74, 6) is 1.16. The number of phenols is 1. The lowest BCUT2D eigenvalue weighted by atomic mass is 9.67. The van der Waals surface area contributed by atoms with Crippen LogP contribution in [0.25, 0.3) is 0 Å². The minimum absolute atomic E-state index is 0.311. The Morgan fingerprint density at radius 2 is 2.18 bits per heavy atom. The summed E-state index contributed by atoms with van der Waals surface area (Å²) in [6.45, 7) is 4.45. The van der Waals surface area contributed by atoms with Gasteiger partial charge in [-0.1, -0.05) is 18.6 Å². The molecule has 0 amide bonds. The van der Waals surface area contributed by atoms with Crippen LogP contribution < -0.4 is 0 Å². The smallest absolute Gasteiger partial charge is 0.115 e. The largest absolute Gasteiger partial charge is 0.508 e. The van der Waals surface area contributed by atoms with Crippen LogP contribution in [0.3, 0.4) is 0 Å². The van der Waals surface area contributed by atoms with E-state index >= 15 is 0 Å². The standard InChI is InChI=1S/C19H27NO2/c21-17-6-1-4-15(12-17)19-8-2-5-16(19)13-20(10-9-19)14-18-7-3-11-22-18/h1,4,6,12,16,18,21H,2-3,5,7-11,13-14H2. The Morgan fingerprint density at radius 3 is 3.00 bits per heavy atom. The van der Waals surface area contributed by atoms with Crippen LogP contribution in [0.15, 0.2) is 24.3 Å². The number of benzene rings is 1. The van der Waals surface area contributed by atoms with E-state index in [0.717, 1.165) is 19.1 Å². The molecule has 3 atom stereocenters. The highest BCUT2D eigenvalue weighted by atomic mass is 16.5. The number of rotatable bonds is 3. The number of hydrogen-bond donors (Lipinski definition) is 1. The van der Waals surface area contributed by atoms with Gasteiger partial charge in [0.25, 0.3) is 0 Å². The number of piperidine rings is 1. The molecule has 3 aliphatic rings. The Hall–Kier alpha value is -1.06. The van der Waals surface area contributed by atoms with E-state index in [1.165, 1.54) is 57.2 Å². The van der Waals surface area contributed by atoms with Gasteiger partial charge in [0.2, 0.25) is 0 Å². The van der Waals surface area contributed by atoms with Crippen LogP contribution in [0.2, 0.25) is 0 Å². The Morgan fingerprint density at radius 1 is 1.23 bits per heavy atom. The summed E-state index contributed by atoms with van der Waals surface area (Å²) in [4.78, 5) is 2.63. The summed E-state index contributed by atoms with van der Waals surface area (Å²) < 4.78 is 5.82. The van der Waals surface area contributed by atoms with Gasteiger partial charge in [0, 0.05) is 25.1 Å². The molecular formula is C19H27NO2. The van der Waals surface area contributed by atoms with E-state index in [4.69, 9.17) is 4.74 Å². The van der Waals surface area contributed by atoms with Gasteiger partial charge in [0.15, 0.2) is 0 Å². The predicted octanol–water partition coefficient (Wildman–Crippen LogP) is 3.31. The fourth-order valence-corrected chi connectivity index (χ4v) is 5.08. The molecule has 0 aromatic heterocycles. The molecule has 3 nitrogen and oxygen atoms in total. The molecule has 4 rings (SSSR count). The first-order valence-electron chi connectivity index (χ1n) is 8.90. The molecule has 1 saturated carbocycles. The van der Waals surface area contributed by atoms with Gasteiger partial charge in [-0.2, -0.15) is 0 Å². The average Bonchev–Trinajstić information content (AvgIpc) is 3.17. The zero-order valence-electron chi connectivity index (χ0n) is 13.3. The molecule has 1 aromatic carbocycles. The molecule has 2 aliphatic heterocycles. The molecule has 3 fully saturated rings. The van der Waals surface area contributed by atoms with Gasteiger partial charge >= 0.3 is 0 Å². The van der Waals surface area contributed by atoms with Crippen molar-refractivity contribution in [2.24, 2.45) is 5.92 Å². The molecule has 0 radical (unpaired) electrons. The molecule has 2 heterocycles. The number of hydrogen-bond acceptors (Lipinski definition) is 3. The molecule has 3 heteroatoms. The second kappa shape index (κ2) is 5.86. The quantitative estimate of drug-likeness (QED) is 0.929. The number of nitrogens with zero attached hydrogens (tertiary/aromatic N) is 1. The fourth-order valence-electron chi connectivity index (χ4n) is 5.08. The third-order valence-electron chi connectivity index (χ3n) is 6.22. The highest BCUT2D eigenvalue weighted by Gasteiger charge is 2.47. The highest BCUT2D eigenvalue weighted by Crippen LogP contribution is 2.51. The van der Waals surface area contributed by atoms with Crippen molar-refractivity contribution in [1.29, 1.82) is 0 Å². The van der Waals surface area contributed by atoms with Gasteiger partial charge in [0.1, 0.15) is 5.75 Å². The SMILES string of the molecule is Oc1cccc(C23CCCC2CN(CC2CCCO2)CC3)c1. The Labute approximate surface area is 133 Å². The van der Waals surface area contributed by atoms with Crippen LogP contribution in [0.1, 0.15) is 44.1 Å². The lowest BCUT2D eigenvalue weighted by Crippen LogP contribution is -2.49. The monoisotopic (exact) mass is 301 g/mol. The number of aromatic hydroxyl groups is 1. The first-order valence-corrected chi connectivity index (χ1v) is 8.90. The Bertz CT molecular complexity index is 526. The highest BCUT2D eigenvalue weighted by molar-refractivity contribution is 5.35. The lowest BCUT2D eigenvalue weighted by molar-refractivity contribution is 0.0400. The van der Waals surface area contributed by atoms with Gasteiger partial charge in [-0.3, -0.25) is 0 Å². The van der Waals surface area contributed by atoms with Crippen molar-refractivity contribution >= 4 is 0 Å². The van der Waals surface area contributed by atoms with Crippen molar-refractivity contribution < 1.29 is 9.84 Å². The van der Waals surface area contributed by atoms with Crippen molar-refractivity contribution in [2.45, 2.75) is 50.0 Å². The number of likely N-dealkylation sites (tertiary alicyclic amines) is 1. The van der Waals surface area contributed by atoms with Crippen molar-refractivity contribution in [3.8, 4) is 5.75 Å². The molecule has 22 heavy (non-hydrogen) atoms. The molecular weight excluding hydrogens is 274 g/mol. The predicted molar refractivity (Wildman–Crippen MR) is 87.2 cm³/mol. The van der Waals surface area contributed by atoms with E-state index in [1.54, 1.807) is 6.07 Å². The summed E-state index contributed by atoms with van der Waals surface area (Å²) in [5, 5.41) is 9.88. The molecule has 1 N–H and O–H groups in total. The first kappa shape index (κ1) is 14.5. The second-order valence-electron chi connectivity index (χ2n) is 7.44. The number of ether oxygens (including phenoxy) is 1. The third kappa shape index (κ3) is 2.55. The van der Waals surface area contributed by atoms with E-state index in [9.17, 15) is 5.11 Å². The van der Waals surface area contributed by atoms with Gasteiger partial charge in [-0.25, -0.2) is 0 Å². The van der Waals surface area contributed by atoms with Crippen LogP contribution in [0, 0.1) is 5.92 Å². The third-order valence-corrected chi connectivity index (χ3v) is 6.22. The molecule has 1 aromatic rings. The maximum absolute atomic E-state index is 9.88. The maximum atomic E-state index is 9.88. The number of phenolic OH excluding ortho intramolecular Hbond substituents is 1. The van der Waals surface area contributed by atoms with Crippen LogP contribution >= 0.6 is 0 Å². The minimum atomic E-state index is 0.311. The Balaban J connectivity index is 1.50. The lowest BCUT2D eigenvalue weighted by Gasteiger charge is -2.45. The summed E-state index contributed by atoms with van der Waals surface area (Å²) >= 11 is 0. The maximum Gasteiger partial charge on any atom is 0.115 e. The first-order chi connectivity index (χ1) is 10.8. The molecule has 1 aliphatic carbocycles.